The lowest BCUT2D eigenvalue weighted by molar-refractivity contribution is 0.0973. The Labute approximate surface area is 63.9 Å². The quantitative estimate of drug-likeness (QED) is 0.683. The van der Waals surface area contributed by atoms with Crippen molar-refractivity contribution < 1.29 is 13.9 Å². The van der Waals surface area contributed by atoms with Crippen molar-refractivity contribution in [2.24, 2.45) is 5.73 Å². The lowest BCUT2D eigenvalue weighted by Crippen LogP contribution is -2.10. The van der Waals surface area contributed by atoms with Crippen molar-refractivity contribution in [3.63, 3.8) is 0 Å². The van der Waals surface area contributed by atoms with E-state index in [0.29, 0.717) is 11.3 Å². The van der Waals surface area contributed by atoms with Gasteiger partial charge < -0.3 is 14.9 Å². The number of hydrogen-bond donors (Lipinski definition) is 1. The standard InChI is InChI=1S/C7H9NO3/c1-4-5(10-2)3-11-6(4)7(8)9/h3H,1-2H3,(H2,8,9). The van der Waals surface area contributed by atoms with Crippen LogP contribution in [0.3, 0.4) is 0 Å². The van der Waals surface area contributed by atoms with E-state index in [9.17, 15) is 4.79 Å². The van der Waals surface area contributed by atoms with E-state index in [1.54, 1.807) is 6.92 Å². The molecular weight excluding hydrogens is 146 g/mol. The summed E-state index contributed by atoms with van der Waals surface area (Å²) in [4.78, 5) is 10.6. The first kappa shape index (κ1) is 7.65. The summed E-state index contributed by atoms with van der Waals surface area (Å²) in [5.41, 5.74) is 5.63. The van der Waals surface area contributed by atoms with Gasteiger partial charge >= 0.3 is 0 Å². The van der Waals surface area contributed by atoms with Crippen LogP contribution in [0.4, 0.5) is 0 Å². The second-order valence-corrected chi connectivity index (χ2v) is 2.12. The Balaban J connectivity index is 3.10. The maximum absolute atomic E-state index is 10.6. The molecule has 4 heteroatoms. The molecule has 0 fully saturated rings. The summed E-state index contributed by atoms with van der Waals surface area (Å²) in [6.07, 6.45) is 1.36. The smallest absolute Gasteiger partial charge is 0.284 e. The SMILES string of the molecule is COc1coc(C(N)=O)c1C. The lowest BCUT2D eigenvalue weighted by atomic mass is 10.2. The van der Waals surface area contributed by atoms with Crippen molar-refractivity contribution in [2.45, 2.75) is 6.92 Å². The first-order valence-corrected chi connectivity index (χ1v) is 3.08. The normalized spacial score (nSPS) is 9.64. The molecule has 1 rings (SSSR count). The van der Waals surface area contributed by atoms with Gasteiger partial charge in [0.25, 0.3) is 5.91 Å². The molecule has 4 nitrogen and oxygen atoms in total. The molecule has 2 N–H and O–H groups in total. The summed E-state index contributed by atoms with van der Waals surface area (Å²) in [6, 6.07) is 0. The molecule has 0 bridgehead atoms. The number of carbonyl (C=O) groups is 1. The largest absolute Gasteiger partial charge is 0.493 e. The Hall–Kier alpha value is -1.45. The molecule has 1 heterocycles. The summed E-state index contributed by atoms with van der Waals surface area (Å²) in [7, 11) is 1.50. The Kier molecular flexibility index (Phi) is 1.85. The number of hydrogen-bond acceptors (Lipinski definition) is 3. The molecule has 1 aromatic rings. The summed E-state index contributed by atoms with van der Waals surface area (Å²) in [5, 5.41) is 0. The Bertz CT molecular complexity index is 277. The Morgan fingerprint density at radius 1 is 1.73 bits per heavy atom. The molecule has 0 radical (unpaired) electrons. The number of ether oxygens (including phenoxy) is 1. The van der Waals surface area contributed by atoms with Crippen molar-refractivity contribution in [3.8, 4) is 5.75 Å². The van der Waals surface area contributed by atoms with Crippen LogP contribution in [0, 0.1) is 6.92 Å². The fraction of sp³-hybridized carbons (Fsp3) is 0.286. The number of nitrogens with two attached hydrogens (primary N) is 1. The van der Waals surface area contributed by atoms with E-state index in [1.807, 2.05) is 0 Å². The van der Waals surface area contributed by atoms with Gasteiger partial charge in [-0.15, -0.1) is 0 Å². The number of primary amides is 1. The van der Waals surface area contributed by atoms with Gasteiger partial charge in [-0.2, -0.15) is 0 Å². The highest BCUT2D eigenvalue weighted by atomic mass is 16.5. The molecule has 1 amide bonds. The average Bonchev–Trinajstić information content (AvgIpc) is 2.30. The molecule has 0 aliphatic heterocycles. The van der Waals surface area contributed by atoms with Gasteiger partial charge in [0.1, 0.15) is 6.26 Å². The van der Waals surface area contributed by atoms with Crippen molar-refractivity contribution in [2.75, 3.05) is 7.11 Å². The van der Waals surface area contributed by atoms with Gasteiger partial charge in [0.2, 0.25) is 0 Å². The number of furan rings is 1. The fourth-order valence-corrected chi connectivity index (χ4v) is 0.845. The molecule has 0 saturated heterocycles. The van der Waals surface area contributed by atoms with Crippen LogP contribution in [-0.2, 0) is 0 Å². The van der Waals surface area contributed by atoms with Crippen molar-refractivity contribution in [1.29, 1.82) is 0 Å². The molecular formula is C7H9NO3. The van der Waals surface area contributed by atoms with E-state index in [4.69, 9.17) is 14.9 Å². The molecule has 0 spiro atoms. The Morgan fingerprint density at radius 3 is 2.64 bits per heavy atom. The number of carbonyl (C=O) groups excluding carboxylic acids is 1. The van der Waals surface area contributed by atoms with Gasteiger partial charge in [0, 0.05) is 5.56 Å². The van der Waals surface area contributed by atoms with Gasteiger partial charge in [0.05, 0.1) is 7.11 Å². The number of rotatable bonds is 2. The summed E-state index contributed by atoms with van der Waals surface area (Å²) in [5.74, 6) is 0.117. The predicted octanol–water partition coefficient (Wildman–Crippen LogP) is 0.696. The molecule has 0 aliphatic carbocycles. The highest BCUT2D eigenvalue weighted by molar-refractivity contribution is 5.92. The zero-order chi connectivity index (χ0) is 8.43. The van der Waals surface area contributed by atoms with Crippen LogP contribution in [-0.4, -0.2) is 13.0 Å². The molecule has 60 valence electrons. The summed E-state index contributed by atoms with van der Waals surface area (Å²) >= 11 is 0. The van der Waals surface area contributed by atoms with Crippen LogP contribution in [0.5, 0.6) is 5.75 Å². The average molecular weight is 155 g/mol. The van der Waals surface area contributed by atoms with Crippen LogP contribution >= 0.6 is 0 Å². The highest BCUT2D eigenvalue weighted by Gasteiger charge is 2.13. The van der Waals surface area contributed by atoms with E-state index in [-0.39, 0.29) is 5.76 Å². The van der Waals surface area contributed by atoms with Crippen LogP contribution < -0.4 is 10.5 Å². The van der Waals surface area contributed by atoms with Crippen LogP contribution in [0.1, 0.15) is 16.1 Å². The first-order valence-electron chi connectivity index (χ1n) is 3.08. The van der Waals surface area contributed by atoms with Crippen molar-refractivity contribution in [3.05, 3.63) is 17.6 Å². The van der Waals surface area contributed by atoms with Crippen molar-refractivity contribution >= 4 is 5.91 Å². The third kappa shape index (κ3) is 1.19. The van der Waals surface area contributed by atoms with E-state index in [1.165, 1.54) is 13.4 Å². The monoisotopic (exact) mass is 155 g/mol. The second kappa shape index (κ2) is 2.65. The van der Waals surface area contributed by atoms with Crippen LogP contribution in [0.15, 0.2) is 10.7 Å². The summed E-state index contributed by atoms with van der Waals surface area (Å²) < 4.78 is 9.72. The minimum Gasteiger partial charge on any atom is -0.493 e. The molecule has 0 unspecified atom stereocenters. The molecule has 0 saturated carbocycles. The summed E-state index contributed by atoms with van der Waals surface area (Å²) in [6.45, 7) is 1.71. The third-order valence-corrected chi connectivity index (χ3v) is 1.44. The molecule has 0 aromatic carbocycles. The van der Waals surface area contributed by atoms with Gasteiger partial charge in [-0.25, -0.2) is 0 Å². The van der Waals surface area contributed by atoms with Gasteiger partial charge in [-0.05, 0) is 6.92 Å². The molecule has 0 aliphatic rings. The predicted molar refractivity (Wildman–Crippen MR) is 38.5 cm³/mol. The maximum Gasteiger partial charge on any atom is 0.284 e. The van der Waals surface area contributed by atoms with E-state index < -0.39 is 5.91 Å². The van der Waals surface area contributed by atoms with E-state index >= 15 is 0 Å². The Morgan fingerprint density at radius 2 is 2.36 bits per heavy atom. The zero-order valence-corrected chi connectivity index (χ0v) is 6.38. The number of amides is 1. The van der Waals surface area contributed by atoms with E-state index in [0.717, 1.165) is 0 Å². The highest BCUT2D eigenvalue weighted by Crippen LogP contribution is 2.22. The minimum absolute atomic E-state index is 0.154. The maximum atomic E-state index is 10.6. The van der Waals surface area contributed by atoms with Crippen molar-refractivity contribution in [1.82, 2.24) is 0 Å². The van der Waals surface area contributed by atoms with Gasteiger partial charge in [0.15, 0.2) is 11.5 Å². The molecule has 0 atom stereocenters. The van der Waals surface area contributed by atoms with Crippen LogP contribution in [0.25, 0.3) is 0 Å². The third-order valence-electron chi connectivity index (χ3n) is 1.44. The molecule has 11 heavy (non-hydrogen) atoms. The zero-order valence-electron chi connectivity index (χ0n) is 6.38. The fourth-order valence-electron chi connectivity index (χ4n) is 0.845. The van der Waals surface area contributed by atoms with Gasteiger partial charge in [-0.1, -0.05) is 0 Å². The van der Waals surface area contributed by atoms with Gasteiger partial charge in [-0.3, -0.25) is 4.79 Å². The number of methoxy groups -OCH3 is 1. The lowest BCUT2D eigenvalue weighted by Gasteiger charge is -1.93. The van der Waals surface area contributed by atoms with Crippen LogP contribution in [0.2, 0.25) is 0 Å². The molecule has 1 aromatic heterocycles. The minimum atomic E-state index is -0.578. The van der Waals surface area contributed by atoms with E-state index in [2.05, 4.69) is 0 Å². The second-order valence-electron chi connectivity index (χ2n) is 2.12. The first-order chi connectivity index (χ1) is 5.16. The topological polar surface area (TPSA) is 65.5 Å².